The average Bonchev–Trinajstić information content (AvgIpc) is 1.74. The maximum Gasteiger partial charge on any atom is 0.0247 e. The van der Waals surface area contributed by atoms with Crippen LogP contribution in [0, 0.1) is 0 Å². The van der Waals surface area contributed by atoms with Crippen molar-refractivity contribution >= 4 is 0 Å². The van der Waals surface area contributed by atoms with Crippen LogP contribution in [0.3, 0.4) is 0 Å². The Hall–Kier alpha value is -0.0800. The Morgan fingerprint density at radius 1 is 1.44 bits per heavy atom. The second kappa shape index (κ2) is 1.96. The Kier molecular flexibility index (Phi) is 1.24. The molecule has 2 aliphatic rings. The van der Waals surface area contributed by atoms with Gasteiger partial charge in [0, 0.05) is 25.2 Å². The van der Waals surface area contributed by atoms with Gasteiger partial charge in [0.25, 0.3) is 0 Å². The maximum absolute atomic E-state index is 3.51. The molecule has 0 bridgehead atoms. The van der Waals surface area contributed by atoms with Gasteiger partial charge < -0.3 is 10.2 Å². The largest absolute Gasteiger partial charge is 0.311 e. The van der Waals surface area contributed by atoms with Gasteiger partial charge in [0.2, 0.25) is 0 Å². The summed E-state index contributed by atoms with van der Waals surface area (Å²) in [5.74, 6) is 0. The fourth-order valence-corrected chi connectivity index (χ4v) is 1.84. The van der Waals surface area contributed by atoms with Crippen LogP contribution in [0.2, 0.25) is 0 Å². The molecule has 2 fully saturated rings. The minimum Gasteiger partial charge on any atom is -0.311 e. The van der Waals surface area contributed by atoms with Crippen LogP contribution in [0.4, 0.5) is 0 Å². The Bertz CT molecular complexity index is 107. The molecule has 1 saturated carbocycles. The molecule has 0 spiro atoms. The van der Waals surface area contributed by atoms with Gasteiger partial charge in [-0.05, 0) is 19.9 Å². The first-order chi connectivity index (χ1) is 4.38. The summed E-state index contributed by atoms with van der Waals surface area (Å²) < 4.78 is 0. The van der Waals surface area contributed by atoms with E-state index in [-0.39, 0.29) is 0 Å². The Labute approximate surface area is 56.2 Å². The van der Waals surface area contributed by atoms with E-state index < -0.39 is 0 Å². The third-order valence-electron chi connectivity index (χ3n) is 2.68. The molecule has 0 radical (unpaired) electrons. The van der Waals surface area contributed by atoms with Gasteiger partial charge >= 0.3 is 0 Å². The molecule has 1 N–H and O–H groups in total. The maximum atomic E-state index is 3.51. The monoisotopic (exact) mass is 126 g/mol. The minimum absolute atomic E-state index is 0.837. The van der Waals surface area contributed by atoms with Crippen LogP contribution < -0.4 is 5.32 Å². The first kappa shape index (κ1) is 5.69. The van der Waals surface area contributed by atoms with Crippen molar-refractivity contribution in [2.45, 2.75) is 24.9 Å². The molecular weight excluding hydrogens is 112 g/mol. The van der Waals surface area contributed by atoms with Crippen molar-refractivity contribution in [3.05, 3.63) is 0 Å². The predicted molar refractivity (Wildman–Crippen MR) is 37.4 cm³/mol. The highest BCUT2D eigenvalue weighted by atomic mass is 15.2. The second-order valence-corrected chi connectivity index (χ2v) is 3.19. The Balaban J connectivity index is 1.98. The first-order valence-corrected chi connectivity index (χ1v) is 3.81. The van der Waals surface area contributed by atoms with Crippen LogP contribution in [0.15, 0.2) is 0 Å². The predicted octanol–water partition coefficient (Wildman–Crippen LogP) is 0.0524. The highest BCUT2D eigenvalue weighted by Gasteiger charge is 2.35. The first-order valence-electron chi connectivity index (χ1n) is 3.81. The van der Waals surface area contributed by atoms with Gasteiger partial charge in [-0.25, -0.2) is 0 Å². The van der Waals surface area contributed by atoms with Gasteiger partial charge in [-0.15, -0.1) is 0 Å². The normalized spacial score (nSPS) is 43.7. The number of hydrogen-bond donors (Lipinski definition) is 1. The lowest BCUT2D eigenvalue weighted by Gasteiger charge is -2.47. The molecule has 2 rings (SSSR count). The molecule has 1 aliphatic heterocycles. The summed E-state index contributed by atoms with van der Waals surface area (Å²) in [4.78, 5) is 2.48. The van der Waals surface area contributed by atoms with Gasteiger partial charge in [-0.1, -0.05) is 0 Å². The standard InChI is InChI=1S/C7H14N2/c1-9-5-4-8-6-2-3-7(6)9/h6-8H,2-5H2,1H3/t6-,7+/m1/s1. The summed E-state index contributed by atoms with van der Waals surface area (Å²) in [5.41, 5.74) is 0. The molecule has 2 atom stereocenters. The lowest BCUT2D eigenvalue weighted by molar-refractivity contribution is 0.0750. The van der Waals surface area contributed by atoms with Gasteiger partial charge in [-0.3, -0.25) is 0 Å². The molecule has 9 heavy (non-hydrogen) atoms. The molecule has 2 nitrogen and oxygen atoms in total. The smallest absolute Gasteiger partial charge is 0.0247 e. The third kappa shape index (κ3) is 0.775. The number of fused-ring (bicyclic) bond motifs is 1. The molecule has 1 heterocycles. The van der Waals surface area contributed by atoms with E-state index in [1.54, 1.807) is 0 Å². The molecule has 0 aromatic rings. The zero-order valence-electron chi connectivity index (χ0n) is 5.93. The molecule has 52 valence electrons. The number of rotatable bonds is 0. The van der Waals surface area contributed by atoms with E-state index in [0.717, 1.165) is 12.1 Å². The summed E-state index contributed by atoms with van der Waals surface area (Å²) >= 11 is 0. The van der Waals surface area contributed by atoms with Crippen molar-refractivity contribution < 1.29 is 0 Å². The number of likely N-dealkylation sites (N-methyl/N-ethyl adjacent to an activating group) is 1. The van der Waals surface area contributed by atoms with E-state index in [9.17, 15) is 0 Å². The fourth-order valence-electron chi connectivity index (χ4n) is 1.84. The van der Waals surface area contributed by atoms with Crippen molar-refractivity contribution in [2.75, 3.05) is 20.1 Å². The number of piperazine rings is 1. The van der Waals surface area contributed by atoms with E-state index in [1.807, 2.05) is 0 Å². The minimum atomic E-state index is 0.837. The number of nitrogens with zero attached hydrogens (tertiary/aromatic N) is 1. The van der Waals surface area contributed by atoms with Gasteiger partial charge in [0.1, 0.15) is 0 Å². The zero-order valence-corrected chi connectivity index (χ0v) is 5.93. The summed E-state index contributed by atoms with van der Waals surface area (Å²) in [5, 5.41) is 3.51. The average molecular weight is 126 g/mol. The fraction of sp³-hybridized carbons (Fsp3) is 1.00. The number of nitrogens with one attached hydrogen (secondary N) is 1. The van der Waals surface area contributed by atoms with Crippen molar-refractivity contribution in [1.29, 1.82) is 0 Å². The Morgan fingerprint density at radius 2 is 2.33 bits per heavy atom. The second-order valence-electron chi connectivity index (χ2n) is 3.19. The number of hydrogen-bond acceptors (Lipinski definition) is 2. The SMILES string of the molecule is CN1CCN[C@@H]2CC[C@@H]21. The van der Waals surface area contributed by atoms with E-state index in [2.05, 4.69) is 17.3 Å². The van der Waals surface area contributed by atoms with Crippen LogP contribution >= 0.6 is 0 Å². The van der Waals surface area contributed by atoms with E-state index in [0.29, 0.717) is 0 Å². The van der Waals surface area contributed by atoms with Crippen LogP contribution in [0.25, 0.3) is 0 Å². The molecule has 1 aliphatic carbocycles. The molecule has 0 aromatic heterocycles. The van der Waals surface area contributed by atoms with Gasteiger partial charge in [-0.2, -0.15) is 0 Å². The molecular formula is C7H14N2. The summed E-state index contributed by atoms with van der Waals surface area (Å²) in [6, 6.07) is 1.71. The van der Waals surface area contributed by atoms with Crippen molar-refractivity contribution in [1.82, 2.24) is 10.2 Å². The van der Waals surface area contributed by atoms with Crippen molar-refractivity contribution in [3.8, 4) is 0 Å². The molecule has 2 heteroatoms. The van der Waals surface area contributed by atoms with Crippen molar-refractivity contribution in [2.24, 2.45) is 0 Å². The highest BCUT2D eigenvalue weighted by molar-refractivity contribution is 4.96. The molecule has 0 unspecified atom stereocenters. The van der Waals surface area contributed by atoms with Gasteiger partial charge in [0.05, 0.1) is 0 Å². The van der Waals surface area contributed by atoms with Crippen molar-refractivity contribution in [3.63, 3.8) is 0 Å². The van der Waals surface area contributed by atoms with Crippen LogP contribution in [-0.4, -0.2) is 37.1 Å². The zero-order chi connectivity index (χ0) is 6.27. The highest BCUT2D eigenvalue weighted by Crippen LogP contribution is 2.26. The summed E-state index contributed by atoms with van der Waals surface area (Å²) in [6.07, 6.45) is 2.81. The van der Waals surface area contributed by atoms with Crippen LogP contribution in [0.1, 0.15) is 12.8 Å². The van der Waals surface area contributed by atoms with E-state index in [1.165, 1.54) is 25.9 Å². The van der Waals surface area contributed by atoms with Crippen LogP contribution in [0.5, 0.6) is 0 Å². The van der Waals surface area contributed by atoms with Crippen LogP contribution in [-0.2, 0) is 0 Å². The topological polar surface area (TPSA) is 15.3 Å². The summed E-state index contributed by atoms with van der Waals surface area (Å²) in [6.45, 7) is 2.43. The molecule has 0 aromatic carbocycles. The summed E-state index contributed by atoms with van der Waals surface area (Å²) in [7, 11) is 2.23. The molecule has 0 amide bonds. The molecule has 1 saturated heterocycles. The van der Waals surface area contributed by atoms with Gasteiger partial charge in [0.15, 0.2) is 0 Å². The van der Waals surface area contributed by atoms with E-state index in [4.69, 9.17) is 0 Å². The lowest BCUT2D eigenvalue weighted by Crippen LogP contribution is -2.61. The third-order valence-corrected chi connectivity index (χ3v) is 2.68. The Morgan fingerprint density at radius 3 is 2.78 bits per heavy atom. The van der Waals surface area contributed by atoms with E-state index >= 15 is 0 Å². The lowest BCUT2D eigenvalue weighted by atomic mass is 9.84. The quantitative estimate of drug-likeness (QED) is 0.493.